The topological polar surface area (TPSA) is 62.6 Å². The van der Waals surface area contributed by atoms with Gasteiger partial charge in [0.05, 0.1) is 29.4 Å². The fraction of sp³-hybridized carbons (Fsp3) is 0.194. The number of Topliss-reactive ketones (excluding diaryl/α,β-unsaturated/α-hetero) is 1. The van der Waals surface area contributed by atoms with Gasteiger partial charge < -0.3 is 14.6 Å². The monoisotopic (exact) mass is 608 g/mol. The number of fused-ring (bicyclic) bond motifs is 3. The number of carbonyl (C=O) groups is 2. The molecule has 2 spiro atoms. The first-order valence-electron chi connectivity index (χ1n) is 12.7. The van der Waals surface area contributed by atoms with Crippen molar-refractivity contribution in [3.8, 4) is 0 Å². The van der Waals surface area contributed by atoms with E-state index in [-0.39, 0.29) is 11.7 Å². The molecule has 3 aliphatic rings. The van der Waals surface area contributed by atoms with Crippen LogP contribution in [0.5, 0.6) is 0 Å². The molecule has 4 aromatic rings. The third-order valence-corrected chi connectivity index (χ3v) is 8.46. The minimum Gasteiger partial charge on any atom is -0.469 e. The molecule has 0 saturated carbocycles. The first-order valence-corrected chi connectivity index (χ1v) is 14.4. The first-order chi connectivity index (χ1) is 19.3. The van der Waals surface area contributed by atoms with Crippen molar-refractivity contribution in [2.24, 2.45) is 5.41 Å². The average Bonchev–Trinajstić information content (AvgIpc) is 3.68. The van der Waals surface area contributed by atoms with Crippen LogP contribution in [0.3, 0.4) is 0 Å². The van der Waals surface area contributed by atoms with Gasteiger partial charge in [0.25, 0.3) is 5.91 Å². The molecular formula is C31H23Cl3N2O3S. The number of rotatable bonds is 3. The minimum atomic E-state index is -1.25. The lowest BCUT2D eigenvalue weighted by atomic mass is 9.64. The zero-order valence-electron chi connectivity index (χ0n) is 21.0. The first kappa shape index (κ1) is 27.0. The van der Waals surface area contributed by atoms with Gasteiger partial charge in [0.2, 0.25) is 0 Å². The van der Waals surface area contributed by atoms with E-state index in [1.807, 2.05) is 89.8 Å². The van der Waals surface area contributed by atoms with Gasteiger partial charge in [-0.05, 0) is 35.7 Å². The normalized spacial score (nSPS) is 24.4. The summed E-state index contributed by atoms with van der Waals surface area (Å²) in [6.07, 6.45) is 2.02. The molecule has 0 bridgehead atoms. The van der Waals surface area contributed by atoms with Crippen LogP contribution in [0.15, 0.2) is 102 Å². The lowest BCUT2D eigenvalue weighted by Crippen LogP contribution is -2.51. The zero-order chi connectivity index (χ0) is 28.1. The number of benzene rings is 3. The average molecular weight is 610 g/mol. The minimum absolute atomic E-state index is 0.0549. The van der Waals surface area contributed by atoms with Crippen molar-refractivity contribution >= 4 is 69.4 Å². The summed E-state index contributed by atoms with van der Waals surface area (Å²) in [4.78, 5) is 31.0. The van der Waals surface area contributed by atoms with Gasteiger partial charge in [-0.2, -0.15) is 0 Å². The van der Waals surface area contributed by atoms with Crippen molar-refractivity contribution in [3.63, 3.8) is 0 Å². The van der Waals surface area contributed by atoms with Crippen LogP contribution in [-0.4, -0.2) is 21.0 Å². The molecule has 3 heterocycles. The van der Waals surface area contributed by atoms with Gasteiger partial charge in [-0.15, -0.1) is 0 Å². The zero-order valence-corrected chi connectivity index (χ0v) is 24.1. The van der Waals surface area contributed by atoms with E-state index in [1.54, 1.807) is 12.3 Å². The number of carbonyl (C=O) groups excluding carboxylic acids is 2. The van der Waals surface area contributed by atoms with E-state index in [9.17, 15) is 9.59 Å². The molecule has 0 radical (unpaired) electrons. The van der Waals surface area contributed by atoms with Crippen molar-refractivity contribution in [3.05, 3.63) is 125 Å². The fourth-order valence-corrected chi connectivity index (χ4v) is 6.96. The van der Waals surface area contributed by atoms with E-state index in [4.69, 9.17) is 51.4 Å². The molecule has 5 nitrogen and oxygen atoms in total. The molecule has 1 fully saturated rings. The quantitative estimate of drug-likeness (QED) is 0.198. The smallest absolute Gasteiger partial charge is 0.258 e. The highest BCUT2D eigenvalue weighted by atomic mass is 35.6. The Balaban J connectivity index is 0.000000680. The van der Waals surface area contributed by atoms with Crippen molar-refractivity contribution in [1.29, 1.82) is 0 Å². The third kappa shape index (κ3) is 4.00. The summed E-state index contributed by atoms with van der Waals surface area (Å²) in [5.74, 6) is -0.243. The summed E-state index contributed by atoms with van der Waals surface area (Å²) in [7, 11) is 0. The van der Waals surface area contributed by atoms with Gasteiger partial charge in [0.15, 0.2) is 15.6 Å². The molecule has 0 unspecified atom stereocenters. The summed E-state index contributed by atoms with van der Waals surface area (Å²) in [6, 6.07) is 29.0. The third-order valence-electron chi connectivity index (χ3n) is 7.99. The van der Waals surface area contributed by atoms with Gasteiger partial charge in [-0.25, -0.2) is 0 Å². The van der Waals surface area contributed by atoms with Crippen LogP contribution in [0.2, 0.25) is 0 Å². The SMILES string of the molecule is ClC(Cl)Cl.O=C1c2ccccc2C[C@]12C(=S)N[C@]1(C(=O)N(Cc3ccccc3)c3ccccc31)[C@H]2c1ccco1. The van der Waals surface area contributed by atoms with E-state index in [2.05, 4.69) is 5.32 Å². The number of furan rings is 1. The van der Waals surface area contributed by atoms with E-state index >= 15 is 0 Å². The van der Waals surface area contributed by atoms with E-state index < -0.39 is 21.2 Å². The van der Waals surface area contributed by atoms with E-state index in [0.29, 0.717) is 29.3 Å². The molecular weight excluding hydrogens is 587 g/mol. The number of nitrogens with zero attached hydrogens (tertiary/aromatic N) is 1. The van der Waals surface area contributed by atoms with Crippen LogP contribution in [0.1, 0.15) is 38.7 Å². The molecule has 1 saturated heterocycles. The number of hydrogen-bond acceptors (Lipinski definition) is 4. The van der Waals surface area contributed by atoms with Gasteiger partial charge >= 0.3 is 0 Å². The molecule has 1 N–H and O–H groups in total. The molecule has 202 valence electrons. The molecule has 3 atom stereocenters. The number of thiocarbonyl (C=S) groups is 1. The number of halogens is 3. The number of para-hydroxylation sites is 1. The molecule has 3 aromatic carbocycles. The van der Waals surface area contributed by atoms with Crippen molar-refractivity contribution < 1.29 is 14.0 Å². The van der Waals surface area contributed by atoms with Crippen LogP contribution < -0.4 is 10.2 Å². The Kier molecular flexibility index (Phi) is 6.99. The highest BCUT2D eigenvalue weighted by Gasteiger charge is 2.73. The molecule has 7 rings (SSSR count). The van der Waals surface area contributed by atoms with Gasteiger partial charge in [0, 0.05) is 11.1 Å². The summed E-state index contributed by atoms with van der Waals surface area (Å²) in [5.41, 5.74) is 1.90. The Morgan fingerprint density at radius 1 is 0.925 bits per heavy atom. The van der Waals surface area contributed by atoms with Crippen LogP contribution in [-0.2, 0) is 23.3 Å². The second-order valence-electron chi connectivity index (χ2n) is 9.99. The summed E-state index contributed by atoms with van der Waals surface area (Å²) in [5, 5.41) is 3.45. The predicted molar refractivity (Wildman–Crippen MR) is 161 cm³/mol. The number of ketones is 1. The highest BCUT2D eigenvalue weighted by molar-refractivity contribution is 7.80. The van der Waals surface area contributed by atoms with Crippen LogP contribution in [0, 0.1) is 5.41 Å². The molecule has 2 aliphatic heterocycles. The molecule has 9 heteroatoms. The van der Waals surface area contributed by atoms with Crippen molar-refractivity contribution in [2.45, 2.75) is 28.7 Å². The Hall–Kier alpha value is -3.16. The van der Waals surface area contributed by atoms with E-state index in [1.165, 1.54) is 0 Å². The maximum absolute atomic E-state index is 14.6. The van der Waals surface area contributed by atoms with Gasteiger partial charge in [-0.1, -0.05) is 120 Å². The lowest BCUT2D eigenvalue weighted by molar-refractivity contribution is -0.124. The van der Waals surface area contributed by atoms with Crippen LogP contribution >= 0.6 is 47.0 Å². The maximum Gasteiger partial charge on any atom is 0.258 e. The Labute approximate surface area is 252 Å². The number of nitrogens with one attached hydrogen (secondary N) is 1. The Morgan fingerprint density at radius 3 is 2.30 bits per heavy atom. The molecule has 1 aliphatic carbocycles. The maximum atomic E-state index is 14.6. The molecule has 40 heavy (non-hydrogen) atoms. The predicted octanol–water partition coefficient (Wildman–Crippen LogP) is 7.15. The molecule has 1 amide bonds. The highest BCUT2D eigenvalue weighted by Crippen LogP contribution is 2.63. The summed E-state index contributed by atoms with van der Waals surface area (Å²) >= 11 is 20.4. The molecule has 1 aromatic heterocycles. The number of anilines is 1. The van der Waals surface area contributed by atoms with Gasteiger partial charge in [-0.3, -0.25) is 9.59 Å². The largest absolute Gasteiger partial charge is 0.469 e. The fourth-order valence-electron chi connectivity index (χ4n) is 6.51. The van der Waals surface area contributed by atoms with Crippen molar-refractivity contribution in [1.82, 2.24) is 5.32 Å². The second kappa shape index (κ2) is 10.3. The van der Waals surface area contributed by atoms with Gasteiger partial charge in [0.1, 0.15) is 11.2 Å². The number of hydrogen-bond donors (Lipinski definition) is 1. The number of amides is 1. The number of alkyl halides is 3. The van der Waals surface area contributed by atoms with Crippen LogP contribution in [0.25, 0.3) is 0 Å². The Morgan fingerprint density at radius 2 is 1.60 bits per heavy atom. The lowest BCUT2D eigenvalue weighted by Gasteiger charge is -2.34. The standard InChI is InChI=1S/C30H22N2O3S.CHCl3/c33-26-21-12-5-4-11-20(21)17-29(26)25(24-15-8-16-35-24)30(31-27(29)36)22-13-6-7-14-23(22)32(28(30)34)18-19-9-2-1-3-10-19;2-1(3)4/h1-16,25H,17-18H2,(H,31,36);1H/t25-,29+,30-;/m0./s1. The second-order valence-corrected chi connectivity index (χ2v) is 12.4. The van der Waals surface area contributed by atoms with Crippen molar-refractivity contribution in [2.75, 3.05) is 4.90 Å². The van der Waals surface area contributed by atoms with Crippen LogP contribution in [0.4, 0.5) is 5.69 Å². The summed E-state index contributed by atoms with van der Waals surface area (Å²) in [6.45, 7) is 0.416. The Bertz CT molecular complexity index is 1610. The summed E-state index contributed by atoms with van der Waals surface area (Å²) < 4.78 is 5.23. The van der Waals surface area contributed by atoms with E-state index in [0.717, 1.165) is 22.4 Å².